The topological polar surface area (TPSA) is 38.3 Å². The van der Waals surface area contributed by atoms with Gasteiger partial charge in [0.05, 0.1) is 0 Å². The summed E-state index contributed by atoms with van der Waals surface area (Å²) >= 11 is 2.21. The number of rotatable bonds is 5. The Kier molecular flexibility index (Phi) is 5.86. The molecule has 0 spiro atoms. The number of nitrogens with one attached hydrogen (secondary N) is 1. The molecule has 0 bridgehead atoms. The van der Waals surface area contributed by atoms with Crippen molar-refractivity contribution in [3.8, 4) is 5.75 Å². The van der Waals surface area contributed by atoms with Crippen molar-refractivity contribution in [1.29, 1.82) is 0 Å². The van der Waals surface area contributed by atoms with Crippen LogP contribution >= 0.6 is 22.6 Å². The van der Waals surface area contributed by atoms with E-state index in [1.807, 2.05) is 18.2 Å². The predicted molar refractivity (Wildman–Crippen MR) is 88.5 cm³/mol. The molecule has 3 nitrogen and oxygen atoms in total. The molecule has 23 heavy (non-hydrogen) atoms. The van der Waals surface area contributed by atoms with Crippen LogP contribution in [0.5, 0.6) is 5.75 Å². The minimum absolute atomic E-state index is 0.222. The van der Waals surface area contributed by atoms with Crippen LogP contribution in [0.15, 0.2) is 48.5 Å². The lowest BCUT2D eigenvalue weighted by atomic mass is 10.1. The van der Waals surface area contributed by atoms with Crippen LogP contribution in [0.2, 0.25) is 0 Å². The van der Waals surface area contributed by atoms with Crippen molar-refractivity contribution in [2.45, 2.75) is 17.3 Å². The van der Waals surface area contributed by atoms with E-state index in [0.717, 1.165) is 9.99 Å². The highest BCUT2D eigenvalue weighted by Crippen LogP contribution is 2.22. The van der Waals surface area contributed by atoms with Gasteiger partial charge in [-0.25, -0.2) is 0 Å². The molecule has 1 amide bonds. The SMILES string of the molecule is O=C(NCc1ccc(OC(F)(F)F)cc1)c1cccc(CI)c1. The molecular formula is C16H13F3INO2. The highest BCUT2D eigenvalue weighted by molar-refractivity contribution is 14.1. The third-order valence-electron chi connectivity index (χ3n) is 2.95. The van der Waals surface area contributed by atoms with Gasteiger partial charge in [0, 0.05) is 16.5 Å². The summed E-state index contributed by atoms with van der Waals surface area (Å²) in [5.41, 5.74) is 2.28. The molecule has 0 aliphatic heterocycles. The zero-order chi connectivity index (χ0) is 16.9. The number of carbonyl (C=O) groups excluding carboxylic acids is 1. The van der Waals surface area contributed by atoms with Gasteiger partial charge in [-0.15, -0.1) is 13.2 Å². The molecular weight excluding hydrogens is 422 g/mol. The Bertz CT molecular complexity index is 672. The Hall–Kier alpha value is -1.77. The summed E-state index contributed by atoms with van der Waals surface area (Å²) in [6, 6.07) is 12.6. The Labute approximate surface area is 145 Å². The lowest BCUT2D eigenvalue weighted by molar-refractivity contribution is -0.274. The van der Waals surface area contributed by atoms with E-state index in [1.165, 1.54) is 24.3 Å². The summed E-state index contributed by atoms with van der Waals surface area (Å²) in [5, 5.41) is 2.73. The number of halogens is 4. The van der Waals surface area contributed by atoms with Gasteiger partial charge < -0.3 is 10.1 Å². The summed E-state index contributed by atoms with van der Waals surface area (Å²) in [6.07, 6.45) is -4.71. The smallest absolute Gasteiger partial charge is 0.406 e. The Morgan fingerprint density at radius 1 is 1.09 bits per heavy atom. The molecule has 0 heterocycles. The van der Waals surface area contributed by atoms with Crippen LogP contribution in [0.3, 0.4) is 0 Å². The van der Waals surface area contributed by atoms with Gasteiger partial charge in [0.1, 0.15) is 5.75 Å². The molecule has 0 atom stereocenters. The molecule has 122 valence electrons. The lowest BCUT2D eigenvalue weighted by Gasteiger charge is -2.10. The Balaban J connectivity index is 1.93. The molecule has 0 saturated heterocycles. The number of alkyl halides is 4. The van der Waals surface area contributed by atoms with Crippen molar-refractivity contribution in [2.24, 2.45) is 0 Å². The zero-order valence-electron chi connectivity index (χ0n) is 11.9. The molecule has 0 saturated carbocycles. The Morgan fingerprint density at radius 3 is 2.39 bits per heavy atom. The highest BCUT2D eigenvalue weighted by atomic mass is 127. The highest BCUT2D eigenvalue weighted by Gasteiger charge is 2.30. The van der Waals surface area contributed by atoms with Crippen LogP contribution in [0.25, 0.3) is 0 Å². The third kappa shape index (κ3) is 5.74. The van der Waals surface area contributed by atoms with Crippen molar-refractivity contribution in [3.05, 3.63) is 65.2 Å². The minimum Gasteiger partial charge on any atom is -0.406 e. The third-order valence-corrected chi connectivity index (χ3v) is 3.83. The maximum absolute atomic E-state index is 12.1. The molecule has 0 radical (unpaired) electrons. The van der Waals surface area contributed by atoms with Gasteiger partial charge in [-0.3, -0.25) is 4.79 Å². The van der Waals surface area contributed by atoms with E-state index in [9.17, 15) is 18.0 Å². The molecule has 0 fully saturated rings. The first-order chi connectivity index (χ1) is 10.9. The largest absolute Gasteiger partial charge is 0.573 e. The summed E-state index contributed by atoms with van der Waals surface area (Å²) in [4.78, 5) is 12.1. The van der Waals surface area contributed by atoms with E-state index in [1.54, 1.807) is 6.07 Å². The maximum Gasteiger partial charge on any atom is 0.573 e. The molecule has 2 rings (SSSR count). The van der Waals surface area contributed by atoms with Gasteiger partial charge >= 0.3 is 6.36 Å². The number of carbonyl (C=O) groups is 1. The number of ether oxygens (including phenoxy) is 1. The van der Waals surface area contributed by atoms with E-state index in [2.05, 4.69) is 32.6 Å². The second-order valence-corrected chi connectivity index (χ2v) is 5.47. The van der Waals surface area contributed by atoms with E-state index in [-0.39, 0.29) is 18.2 Å². The summed E-state index contributed by atoms with van der Waals surface area (Å²) < 4.78 is 40.8. The normalized spacial score (nSPS) is 11.1. The second-order valence-electron chi connectivity index (χ2n) is 4.71. The molecule has 2 aromatic rings. The van der Waals surface area contributed by atoms with Crippen LogP contribution in [0.1, 0.15) is 21.5 Å². The fraction of sp³-hybridized carbons (Fsp3) is 0.188. The van der Waals surface area contributed by atoms with E-state index in [4.69, 9.17) is 0 Å². The predicted octanol–water partition coefficient (Wildman–Crippen LogP) is 4.45. The molecule has 0 aliphatic carbocycles. The monoisotopic (exact) mass is 435 g/mol. The first kappa shape index (κ1) is 17.6. The Morgan fingerprint density at radius 2 is 1.78 bits per heavy atom. The van der Waals surface area contributed by atoms with Gasteiger partial charge in [-0.1, -0.05) is 46.9 Å². The molecule has 1 N–H and O–H groups in total. The van der Waals surface area contributed by atoms with E-state index in [0.29, 0.717) is 11.1 Å². The number of amides is 1. The van der Waals surface area contributed by atoms with E-state index >= 15 is 0 Å². The van der Waals surface area contributed by atoms with Crippen LogP contribution in [0, 0.1) is 0 Å². The maximum atomic E-state index is 12.1. The van der Waals surface area contributed by atoms with Gasteiger partial charge in [0.15, 0.2) is 0 Å². The molecule has 2 aromatic carbocycles. The van der Waals surface area contributed by atoms with Crippen molar-refractivity contribution in [2.75, 3.05) is 0 Å². The molecule has 0 unspecified atom stereocenters. The van der Waals surface area contributed by atoms with Crippen LogP contribution in [-0.4, -0.2) is 12.3 Å². The quantitative estimate of drug-likeness (QED) is 0.557. The van der Waals surface area contributed by atoms with Gasteiger partial charge in [-0.05, 0) is 35.4 Å². The molecule has 0 aromatic heterocycles. The van der Waals surface area contributed by atoms with Crippen molar-refractivity contribution in [3.63, 3.8) is 0 Å². The van der Waals surface area contributed by atoms with Crippen molar-refractivity contribution in [1.82, 2.24) is 5.32 Å². The van der Waals surface area contributed by atoms with Crippen LogP contribution in [0.4, 0.5) is 13.2 Å². The molecule has 0 aliphatic rings. The zero-order valence-corrected chi connectivity index (χ0v) is 14.0. The number of benzene rings is 2. The summed E-state index contributed by atoms with van der Waals surface area (Å²) in [7, 11) is 0. The van der Waals surface area contributed by atoms with Crippen molar-refractivity contribution >= 4 is 28.5 Å². The average Bonchev–Trinajstić information content (AvgIpc) is 2.52. The number of hydrogen-bond acceptors (Lipinski definition) is 2. The van der Waals surface area contributed by atoms with E-state index < -0.39 is 6.36 Å². The fourth-order valence-electron chi connectivity index (χ4n) is 1.89. The standard InChI is InChI=1S/C16H13F3INO2/c17-16(18,19)23-14-6-4-11(5-7-14)10-21-15(22)13-3-1-2-12(8-13)9-20/h1-8H,9-10H2,(H,21,22). The van der Waals surface area contributed by atoms with Crippen LogP contribution < -0.4 is 10.1 Å². The molecule has 7 heteroatoms. The second kappa shape index (κ2) is 7.67. The first-order valence-corrected chi connectivity index (χ1v) is 8.18. The van der Waals surface area contributed by atoms with Gasteiger partial charge in [0.2, 0.25) is 0 Å². The first-order valence-electron chi connectivity index (χ1n) is 6.65. The fourth-order valence-corrected chi connectivity index (χ4v) is 2.36. The van der Waals surface area contributed by atoms with Gasteiger partial charge in [-0.2, -0.15) is 0 Å². The van der Waals surface area contributed by atoms with Crippen molar-refractivity contribution < 1.29 is 22.7 Å². The summed E-state index contributed by atoms with van der Waals surface area (Å²) in [6.45, 7) is 0.222. The van der Waals surface area contributed by atoms with Crippen LogP contribution in [-0.2, 0) is 11.0 Å². The average molecular weight is 435 g/mol. The minimum atomic E-state index is -4.71. The lowest BCUT2D eigenvalue weighted by Crippen LogP contribution is -2.22. The van der Waals surface area contributed by atoms with Gasteiger partial charge in [0.25, 0.3) is 5.91 Å². The number of hydrogen-bond donors (Lipinski definition) is 1. The summed E-state index contributed by atoms with van der Waals surface area (Å²) in [5.74, 6) is -0.519.